The number of methoxy groups -OCH3 is 1. The molecule has 0 radical (unpaired) electrons. The van der Waals surface area contributed by atoms with Gasteiger partial charge in [0, 0.05) is 6.04 Å². The van der Waals surface area contributed by atoms with Crippen LogP contribution in [-0.2, 0) is 19.6 Å². The molecule has 3 unspecified atom stereocenters. The Morgan fingerprint density at radius 1 is 1.28 bits per heavy atom. The van der Waals surface area contributed by atoms with Crippen LogP contribution in [0.25, 0.3) is 11.0 Å². The highest BCUT2D eigenvalue weighted by atomic mass is 32.2. The summed E-state index contributed by atoms with van der Waals surface area (Å²) in [4.78, 5) is 12.4. The smallest absolute Gasteiger partial charge is 0.324 e. The van der Waals surface area contributed by atoms with Crippen molar-refractivity contribution in [3.8, 4) is 0 Å². The van der Waals surface area contributed by atoms with E-state index in [4.69, 9.17) is 4.74 Å². The first kappa shape index (κ1) is 16.9. The number of carbonyl (C=O) groups is 1. The van der Waals surface area contributed by atoms with Gasteiger partial charge in [0.05, 0.1) is 18.8 Å². The Balaban J connectivity index is 1.83. The molecular weight excluding hydrogens is 362 g/mol. The number of hydrogen-bond acceptors (Lipinski definition) is 7. The van der Waals surface area contributed by atoms with Gasteiger partial charge in [-0.15, -0.1) is 0 Å². The summed E-state index contributed by atoms with van der Waals surface area (Å²) < 4.78 is 41.6. The van der Waals surface area contributed by atoms with Gasteiger partial charge in [0.25, 0.3) is 0 Å². The summed E-state index contributed by atoms with van der Waals surface area (Å²) in [6.45, 7) is 0. The van der Waals surface area contributed by atoms with E-state index in [1.807, 2.05) is 0 Å². The fourth-order valence-corrected chi connectivity index (χ4v) is 6.83. The Morgan fingerprint density at radius 2 is 2.08 bits per heavy atom. The van der Waals surface area contributed by atoms with Crippen LogP contribution in [0.5, 0.6) is 0 Å². The number of fused-ring (bicyclic) bond motifs is 2. The first-order valence-electron chi connectivity index (χ1n) is 8.36. The van der Waals surface area contributed by atoms with Crippen LogP contribution >= 0.6 is 11.7 Å². The van der Waals surface area contributed by atoms with Crippen LogP contribution in [0.1, 0.15) is 32.1 Å². The van der Waals surface area contributed by atoms with Crippen molar-refractivity contribution in [2.75, 3.05) is 7.11 Å². The number of ether oxygens (including phenoxy) is 1. The van der Waals surface area contributed by atoms with Gasteiger partial charge >= 0.3 is 5.97 Å². The molecule has 0 amide bonds. The number of aromatic nitrogens is 2. The number of sulfonamides is 1. The molecule has 9 heteroatoms. The van der Waals surface area contributed by atoms with Crippen molar-refractivity contribution in [2.45, 2.75) is 49.1 Å². The molecule has 25 heavy (non-hydrogen) atoms. The lowest BCUT2D eigenvalue weighted by Crippen LogP contribution is -2.46. The molecule has 2 heterocycles. The van der Waals surface area contributed by atoms with Gasteiger partial charge in [0.1, 0.15) is 22.0 Å². The number of hydrogen-bond donors (Lipinski definition) is 0. The van der Waals surface area contributed by atoms with Gasteiger partial charge in [-0.05, 0) is 37.3 Å². The molecule has 0 spiro atoms. The minimum absolute atomic E-state index is 0.124. The summed E-state index contributed by atoms with van der Waals surface area (Å²) in [5.74, 6) is -0.276. The molecule has 1 aliphatic heterocycles. The zero-order valence-electron chi connectivity index (χ0n) is 13.8. The van der Waals surface area contributed by atoms with E-state index >= 15 is 0 Å². The third kappa shape index (κ3) is 2.65. The minimum Gasteiger partial charge on any atom is -0.468 e. The lowest BCUT2D eigenvalue weighted by Gasteiger charge is -2.32. The highest BCUT2D eigenvalue weighted by Gasteiger charge is 2.51. The highest BCUT2D eigenvalue weighted by Crippen LogP contribution is 2.43. The van der Waals surface area contributed by atoms with E-state index in [2.05, 4.69) is 8.75 Å². The summed E-state index contributed by atoms with van der Waals surface area (Å²) in [6.07, 6.45) is 4.31. The van der Waals surface area contributed by atoms with E-state index in [-0.39, 0.29) is 16.9 Å². The van der Waals surface area contributed by atoms with Gasteiger partial charge in [-0.1, -0.05) is 18.9 Å². The third-order valence-corrected chi connectivity index (χ3v) is 7.81. The normalized spacial score (nSPS) is 27.3. The molecular formula is C16H19N3O4S2. The Kier molecular flexibility index (Phi) is 4.25. The molecule has 1 saturated heterocycles. The van der Waals surface area contributed by atoms with Crippen molar-refractivity contribution in [1.82, 2.24) is 13.1 Å². The molecule has 2 aliphatic rings. The Labute approximate surface area is 150 Å². The van der Waals surface area contributed by atoms with Gasteiger partial charge in [0.2, 0.25) is 10.0 Å². The monoisotopic (exact) mass is 381 g/mol. The zero-order valence-corrected chi connectivity index (χ0v) is 15.4. The van der Waals surface area contributed by atoms with E-state index < -0.39 is 22.0 Å². The maximum Gasteiger partial charge on any atom is 0.324 e. The quantitative estimate of drug-likeness (QED) is 0.757. The Morgan fingerprint density at radius 3 is 2.88 bits per heavy atom. The second-order valence-electron chi connectivity index (χ2n) is 6.61. The maximum absolute atomic E-state index is 13.5. The fourth-order valence-electron chi connectivity index (χ4n) is 4.20. The van der Waals surface area contributed by atoms with Crippen molar-refractivity contribution in [3.05, 3.63) is 18.2 Å². The maximum atomic E-state index is 13.5. The van der Waals surface area contributed by atoms with Crippen molar-refractivity contribution in [3.63, 3.8) is 0 Å². The van der Waals surface area contributed by atoms with E-state index in [9.17, 15) is 13.2 Å². The molecule has 3 atom stereocenters. The van der Waals surface area contributed by atoms with Gasteiger partial charge in [-0.25, -0.2) is 8.42 Å². The van der Waals surface area contributed by atoms with E-state index in [1.54, 1.807) is 18.2 Å². The number of nitrogens with zero attached hydrogens (tertiary/aromatic N) is 3. The lowest BCUT2D eigenvalue weighted by atomic mass is 9.85. The van der Waals surface area contributed by atoms with E-state index in [0.29, 0.717) is 17.5 Å². The van der Waals surface area contributed by atoms with E-state index in [0.717, 1.165) is 37.4 Å². The number of carbonyl (C=O) groups excluding carboxylic acids is 1. The van der Waals surface area contributed by atoms with Crippen LogP contribution in [0.4, 0.5) is 0 Å². The second-order valence-corrected chi connectivity index (χ2v) is 8.95. The number of esters is 1. The summed E-state index contributed by atoms with van der Waals surface area (Å²) in [5.41, 5.74) is 0.926. The zero-order chi connectivity index (χ0) is 17.6. The molecule has 134 valence electrons. The summed E-state index contributed by atoms with van der Waals surface area (Å²) in [7, 11) is -2.57. The molecule has 7 nitrogen and oxygen atoms in total. The molecule has 0 bridgehead atoms. The predicted octanol–water partition coefficient (Wildman–Crippen LogP) is 2.19. The molecule has 1 saturated carbocycles. The molecule has 1 aliphatic carbocycles. The summed E-state index contributed by atoms with van der Waals surface area (Å²) in [6, 6.07) is 4.04. The van der Waals surface area contributed by atoms with Crippen molar-refractivity contribution < 1.29 is 17.9 Å². The SMILES string of the molecule is COC(=O)C1CC2CCCCC2N1S(=O)(=O)c1cccc2nsnc12. The minimum atomic E-state index is -3.87. The van der Waals surface area contributed by atoms with Crippen LogP contribution in [-0.4, -0.2) is 46.6 Å². The number of rotatable bonds is 3. The fraction of sp³-hybridized carbons (Fsp3) is 0.562. The van der Waals surface area contributed by atoms with Crippen molar-refractivity contribution >= 4 is 38.8 Å². The molecule has 2 fully saturated rings. The summed E-state index contributed by atoms with van der Waals surface area (Å²) >= 11 is 0.985. The van der Waals surface area contributed by atoms with Crippen molar-refractivity contribution in [2.24, 2.45) is 5.92 Å². The number of benzene rings is 1. The lowest BCUT2D eigenvalue weighted by molar-refractivity contribution is -0.144. The topological polar surface area (TPSA) is 89.5 Å². The van der Waals surface area contributed by atoms with Crippen LogP contribution < -0.4 is 0 Å². The van der Waals surface area contributed by atoms with Gasteiger partial charge in [0.15, 0.2) is 0 Å². The first-order valence-corrected chi connectivity index (χ1v) is 10.5. The molecule has 2 aromatic rings. The molecule has 1 aromatic heterocycles. The van der Waals surface area contributed by atoms with Crippen LogP contribution in [0.15, 0.2) is 23.1 Å². The standard InChI is InChI=1S/C16H19N3O4S2/c1-23-16(20)13-9-10-5-2-3-7-12(10)19(13)25(21,22)14-8-4-6-11-15(14)18-24-17-11/h4,6,8,10,12-13H,2-3,5,7,9H2,1H3. The van der Waals surface area contributed by atoms with E-state index in [1.165, 1.54) is 11.4 Å². The van der Waals surface area contributed by atoms with Crippen LogP contribution in [0.2, 0.25) is 0 Å². The molecule has 4 rings (SSSR count). The first-order chi connectivity index (χ1) is 12.0. The predicted molar refractivity (Wildman–Crippen MR) is 92.6 cm³/mol. The Bertz CT molecular complexity index is 911. The average molecular weight is 381 g/mol. The van der Waals surface area contributed by atoms with Gasteiger partial charge in [-0.3, -0.25) is 4.79 Å². The average Bonchev–Trinajstić information content (AvgIpc) is 3.24. The van der Waals surface area contributed by atoms with Gasteiger partial charge < -0.3 is 4.74 Å². The van der Waals surface area contributed by atoms with Gasteiger partial charge in [-0.2, -0.15) is 13.1 Å². The molecule has 0 N–H and O–H groups in total. The largest absolute Gasteiger partial charge is 0.468 e. The van der Waals surface area contributed by atoms with Crippen molar-refractivity contribution in [1.29, 1.82) is 0 Å². The van der Waals surface area contributed by atoms with Crippen LogP contribution in [0.3, 0.4) is 0 Å². The van der Waals surface area contributed by atoms with Crippen LogP contribution in [0, 0.1) is 5.92 Å². The summed E-state index contributed by atoms with van der Waals surface area (Å²) in [5, 5.41) is 0. The Hall–Kier alpha value is -1.58. The molecule has 1 aromatic carbocycles. The second kappa shape index (κ2) is 6.30. The third-order valence-electron chi connectivity index (χ3n) is 5.31. The highest BCUT2D eigenvalue weighted by molar-refractivity contribution is 7.89.